The first-order valence-electron chi connectivity index (χ1n) is 6.14. The van der Waals surface area contributed by atoms with Gasteiger partial charge in [0.25, 0.3) is 0 Å². The van der Waals surface area contributed by atoms with Gasteiger partial charge in [0.2, 0.25) is 0 Å². The van der Waals surface area contributed by atoms with Gasteiger partial charge in [-0.1, -0.05) is 32.0 Å². The average Bonchev–Trinajstić information content (AvgIpc) is 2.34. The number of hydrogen-bond donors (Lipinski definition) is 2. The second kappa shape index (κ2) is 6.62. The molecule has 1 aromatic rings. The summed E-state index contributed by atoms with van der Waals surface area (Å²) in [6.07, 6.45) is 0. The van der Waals surface area contributed by atoms with E-state index in [1.165, 1.54) is 0 Å². The molecule has 0 heterocycles. The van der Waals surface area contributed by atoms with E-state index in [0.717, 1.165) is 17.9 Å². The molecule has 0 fully saturated rings. The van der Waals surface area contributed by atoms with Gasteiger partial charge in [-0.25, -0.2) is 0 Å². The second-order valence-electron chi connectivity index (χ2n) is 4.73. The van der Waals surface area contributed by atoms with Gasteiger partial charge in [-0.15, -0.1) is 0 Å². The number of nitrogens with one attached hydrogen (secondary N) is 1. The number of hydrogen-bond acceptors (Lipinski definition) is 3. The van der Waals surface area contributed by atoms with Crippen LogP contribution in [0.3, 0.4) is 0 Å². The van der Waals surface area contributed by atoms with Crippen molar-refractivity contribution in [1.29, 1.82) is 0 Å². The maximum atomic E-state index is 6.38. The van der Waals surface area contributed by atoms with Crippen LogP contribution in [-0.2, 0) is 0 Å². The summed E-state index contributed by atoms with van der Waals surface area (Å²) in [5.41, 5.74) is 7.47. The maximum absolute atomic E-state index is 6.38. The lowest BCUT2D eigenvalue weighted by Gasteiger charge is -2.28. The molecule has 0 saturated heterocycles. The Morgan fingerprint density at radius 2 is 1.94 bits per heavy atom. The minimum Gasteiger partial charge on any atom is -0.496 e. The molecule has 0 bridgehead atoms. The first-order valence-corrected chi connectivity index (χ1v) is 6.14. The SMILES string of the molecule is CNCC(C(C)C)C(N)c1ccccc1OC. The third-order valence-electron chi connectivity index (χ3n) is 3.26. The maximum Gasteiger partial charge on any atom is 0.123 e. The number of benzene rings is 1. The molecule has 17 heavy (non-hydrogen) atoms. The highest BCUT2D eigenvalue weighted by atomic mass is 16.5. The Kier molecular flexibility index (Phi) is 5.45. The van der Waals surface area contributed by atoms with E-state index >= 15 is 0 Å². The summed E-state index contributed by atoms with van der Waals surface area (Å²) in [5.74, 6) is 1.81. The van der Waals surface area contributed by atoms with Gasteiger partial charge in [0, 0.05) is 11.6 Å². The van der Waals surface area contributed by atoms with Gasteiger partial charge in [0.15, 0.2) is 0 Å². The van der Waals surface area contributed by atoms with Crippen LogP contribution >= 0.6 is 0 Å². The van der Waals surface area contributed by atoms with Crippen molar-refractivity contribution in [2.24, 2.45) is 17.6 Å². The highest BCUT2D eigenvalue weighted by Crippen LogP contribution is 2.31. The Hall–Kier alpha value is -1.06. The van der Waals surface area contributed by atoms with E-state index in [2.05, 4.69) is 25.2 Å². The molecule has 0 radical (unpaired) electrons. The predicted octanol–water partition coefficient (Wildman–Crippen LogP) is 2.19. The molecule has 3 N–H and O–H groups in total. The summed E-state index contributed by atoms with van der Waals surface area (Å²) in [4.78, 5) is 0. The standard InChI is InChI=1S/C14H24N2O/c1-10(2)12(9-16-3)14(15)11-7-5-6-8-13(11)17-4/h5-8,10,12,14,16H,9,15H2,1-4H3. The summed E-state index contributed by atoms with van der Waals surface area (Å²) in [6.45, 7) is 5.32. The van der Waals surface area contributed by atoms with Gasteiger partial charge in [0.05, 0.1) is 7.11 Å². The van der Waals surface area contributed by atoms with Gasteiger partial charge < -0.3 is 15.8 Å². The number of nitrogens with two attached hydrogens (primary N) is 1. The van der Waals surface area contributed by atoms with E-state index in [0.29, 0.717) is 11.8 Å². The third-order valence-corrected chi connectivity index (χ3v) is 3.26. The summed E-state index contributed by atoms with van der Waals surface area (Å²) < 4.78 is 5.37. The summed E-state index contributed by atoms with van der Waals surface area (Å²) in [6, 6.07) is 7.99. The van der Waals surface area contributed by atoms with E-state index in [4.69, 9.17) is 10.5 Å². The molecule has 0 saturated carbocycles. The zero-order valence-corrected chi connectivity index (χ0v) is 11.2. The Morgan fingerprint density at radius 3 is 2.47 bits per heavy atom. The Labute approximate surface area is 104 Å². The van der Waals surface area contributed by atoms with Crippen molar-refractivity contribution in [2.45, 2.75) is 19.9 Å². The fourth-order valence-corrected chi connectivity index (χ4v) is 2.19. The van der Waals surface area contributed by atoms with Crippen LogP contribution in [0.15, 0.2) is 24.3 Å². The molecular formula is C14H24N2O. The molecular weight excluding hydrogens is 212 g/mol. The quantitative estimate of drug-likeness (QED) is 0.796. The topological polar surface area (TPSA) is 47.3 Å². The van der Waals surface area contributed by atoms with Crippen LogP contribution in [0.1, 0.15) is 25.5 Å². The van der Waals surface area contributed by atoms with Gasteiger partial charge in [-0.05, 0) is 31.5 Å². The molecule has 0 amide bonds. The van der Waals surface area contributed by atoms with E-state index in [1.54, 1.807) is 7.11 Å². The largest absolute Gasteiger partial charge is 0.496 e. The number of para-hydroxylation sites is 1. The van der Waals surface area contributed by atoms with Crippen molar-refractivity contribution in [3.05, 3.63) is 29.8 Å². The fraction of sp³-hybridized carbons (Fsp3) is 0.571. The van der Waals surface area contributed by atoms with Crippen LogP contribution in [0.25, 0.3) is 0 Å². The van der Waals surface area contributed by atoms with Gasteiger partial charge >= 0.3 is 0 Å². The lowest BCUT2D eigenvalue weighted by atomic mass is 9.84. The molecule has 2 unspecified atom stereocenters. The first kappa shape index (κ1) is 14.0. The zero-order chi connectivity index (χ0) is 12.8. The van der Waals surface area contributed by atoms with Crippen LogP contribution < -0.4 is 15.8 Å². The molecule has 0 aliphatic carbocycles. The van der Waals surface area contributed by atoms with Crippen LogP contribution in [0, 0.1) is 11.8 Å². The molecule has 0 aliphatic rings. The Bertz CT molecular complexity index is 339. The van der Waals surface area contributed by atoms with Crippen molar-refractivity contribution in [3.63, 3.8) is 0 Å². The van der Waals surface area contributed by atoms with Crippen molar-refractivity contribution < 1.29 is 4.74 Å². The minimum absolute atomic E-state index is 0.00130. The van der Waals surface area contributed by atoms with Crippen molar-refractivity contribution in [1.82, 2.24) is 5.32 Å². The number of methoxy groups -OCH3 is 1. The Morgan fingerprint density at radius 1 is 1.29 bits per heavy atom. The fourth-order valence-electron chi connectivity index (χ4n) is 2.19. The number of rotatable bonds is 6. The highest BCUT2D eigenvalue weighted by Gasteiger charge is 2.24. The lowest BCUT2D eigenvalue weighted by Crippen LogP contribution is -2.33. The summed E-state index contributed by atoms with van der Waals surface area (Å²) in [7, 11) is 3.65. The molecule has 2 atom stereocenters. The van der Waals surface area contributed by atoms with E-state index in [9.17, 15) is 0 Å². The molecule has 96 valence electrons. The third kappa shape index (κ3) is 3.45. The van der Waals surface area contributed by atoms with Crippen LogP contribution in [0.2, 0.25) is 0 Å². The molecule has 1 aromatic carbocycles. The molecule has 0 aliphatic heterocycles. The normalized spacial score (nSPS) is 14.7. The van der Waals surface area contributed by atoms with Gasteiger partial charge in [-0.2, -0.15) is 0 Å². The van der Waals surface area contributed by atoms with Crippen molar-refractivity contribution in [3.8, 4) is 5.75 Å². The first-order chi connectivity index (χ1) is 8.11. The van der Waals surface area contributed by atoms with Gasteiger partial charge in [0.1, 0.15) is 5.75 Å². The van der Waals surface area contributed by atoms with Gasteiger partial charge in [-0.3, -0.25) is 0 Å². The van der Waals surface area contributed by atoms with Crippen LogP contribution in [-0.4, -0.2) is 20.7 Å². The van der Waals surface area contributed by atoms with Crippen molar-refractivity contribution >= 4 is 0 Å². The monoisotopic (exact) mass is 236 g/mol. The molecule has 0 spiro atoms. The highest BCUT2D eigenvalue weighted by molar-refractivity contribution is 5.36. The summed E-state index contributed by atoms with van der Waals surface area (Å²) >= 11 is 0. The number of ether oxygens (including phenoxy) is 1. The Balaban J connectivity index is 2.96. The molecule has 1 rings (SSSR count). The van der Waals surface area contributed by atoms with Crippen LogP contribution in [0.5, 0.6) is 5.75 Å². The minimum atomic E-state index is -0.00130. The zero-order valence-electron chi connectivity index (χ0n) is 11.2. The molecule has 3 nitrogen and oxygen atoms in total. The predicted molar refractivity (Wildman–Crippen MR) is 72.2 cm³/mol. The van der Waals surface area contributed by atoms with Crippen molar-refractivity contribution in [2.75, 3.05) is 20.7 Å². The smallest absolute Gasteiger partial charge is 0.123 e. The van der Waals surface area contributed by atoms with Crippen LogP contribution in [0.4, 0.5) is 0 Å². The molecule has 0 aromatic heterocycles. The van der Waals surface area contributed by atoms with E-state index < -0.39 is 0 Å². The van der Waals surface area contributed by atoms with E-state index in [-0.39, 0.29) is 6.04 Å². The average molecular weight is 236 g/mol. The summed E-state index contributed by atoms with van der Waals surface area (Å²) in [5, 5.41) is 3.22. The molecule has 3 heteroatoms. The second-order valence-corrected chi connectivity index (χ2v) is 4.73. The van der Waals surface area contributed by atoms with E-state index in [1.807, 2.05) is 25.2 Å². The lowest BCUT2D eigenvalue weighted by molar-refractivity contribution is 0.306.